The van der Waals surface area contributed by atoms with Gasteiger partial charge in [-0.1, -0.05) is 18.2 Å². The van der Waals surface area contributed by atoms with Crippen LogP contribution in [0.15, 0.2) is 42.4 Å². The standard InChI is InChI=1S/C8H7N3O4/c12-10(13)6-8(11(14)15)9-7-4-2-1-3-5-7/h1-6,9H. The van der Waals surface area contributed by atoms with Crippen molar-refractivity contribution in [3.63, 3.8) is 0 Å². The molecule has 0 aliphatic heterocycles. The molecular weight excluding hydrogens is 202 g/mol. The van der Waals surface area contributed by atoms with E-state index in [1.165, 1.54) is 0 Å². The zero-order chi connectivity index (χ0) is 11.3. The minimum atomic E-state index is -0.881. The first-order chi connectivity index (χ1) is 7.09. The van der Waals surface area contributed by atoms with Crippen molar-refractivity contribution < 1.29 is 9.85 Å². The Balaban J connectivity index is 2.86. The van der Waals surface area contributed by atoms with Crippen LogP contribution in [0, 0.1) is 20.2 Å². The fourth-order valence-corrected chi connectivity index (χ4v) is 0.894. The Morgan fingerprint density at radius 1 is 1.20 bits per heavy atom. The lowest BCUT2D eigenvalue weighted by atomic mass is 10.3. The van der Waals surface area contributed by atoms with Gasteiger partial charge in [0.25, 0.3) is 0 Å². The molecule has 0 saturated carbocycles. The third-order valence-electron chi connectivity index (χ3n) is 1.47. The van der Waals surface area contributed by atoms with Crippen molar-refractivity contribution in [2.45, 2.75) is 0 Å². The first-order valence-electron chi connectivity index (χ1n) is 3.91. The van der Waals surface area contributed by atoms with Crippen LogP contribution in [0.2, 0.25) is 0 Å². The van der Waals surface area contributed by atoms with E-state index in [9.17, 15) is 20.2 Å². The molecule has 0 radical (unpaired) electrons. The number of nitrogens with zero attached hydrogens (tertiary/aromatic N) is 2. The smallest absolute Gasteiger partial charge is 0.358 e. The summed E-state index contributed by atoms with van der Waals surface area (Å²) >= 11 is 0. The molecule has 0 heterocycles. The van der Waals surface area contributed by atoms with Gasteiger partial charge in [-0.3, -0.25) is 10.1 Å². The van der Waals surface area contributed by atoms with Crippen molar-refractivity contribution in [3.05, 3.63) is 62.6 Å². The largest absolute Gasteiger partial charge is 0.391 e. The van der Waals surface area contributed by atoms with Crippen LogP contribution < -0.4 is 5.32 Å². The molecule has 78 valence electrons. The lowest BCUT2D eigenvalue weighted by Crippen LogP contribution is -2.11. The molecule has 0 atom stereocenters. The normalized spacial score (nSPS) is 10.8. The third kappa shape index (κ3) is 3.43. The Bertz CT molecular complexity index is 402. The number of anilines is 1. The van der Waals surface area contributed by atoms with Crippen molar-refractivity contribution in [1.82, 2.24) is 0 Å². The van der Waals surface area contributed by atoms with Crippen LogP contribution in [0.1, 0.15) is 0 Å². The lowest BCUT2D eigenvalue weighted by molar-refractivity contribution is -0.455. The first kappa shape index (κ1) is 10.6. The molecule has 0 saturated heterocycles. The average Bonchev–Trinajstić information content (AvgIpc) is 2.17. The van der Waals surface area contributed by atoms with Gasteiger partial charge in [-0.15, -0.1) is 0 Å². The summed E-state index contributed by atoms with van der Waals surface area (Å²) in [5, 5.41) is 22.8. The second kappa shape index (κ2) is 4.70. The fraction of sp³-hybridized carbons (Fsp3) is 0. The highest BCUT2D eigenvalue weighted by Crippen LogP contribution is 2.09. The van der Waals surface area contributed by atoms with Crippen LogP contribution in [-0.4, -0.2) is 9.85 Å². The van der Waals surface area contributed by atoms with Gasteiger partial charge in [0.2, 0.25) is 0 Å². The van der Waals surface area contributed by atoms with Crippen LogP contribution in [0.5, 0.6) is 0 Å². The second-order valence-corrected chi connectivity index (χ2v) is 2.55. The summed E-state index contributed by atoms with van der Waals surface area (Å²) in [4.78, 5) is 18.8. The van der Waals surface area contributed by atoms with Crippen LogP contribution in [0.3, 0.4) is 0 Å². The summed E-state index contributed by atoms with van der Waals surface area (Å²) in [7, 11) is 0. The van der Waals surface area contributed by atoms with Crippen molar-refractivity contribution in [3.8, 4) is 0 Å². The average molecular weight is 209 g/mol. The maximum Gasteiger partial charge on any atom is 0.391 e. The molecule has 0 aliphatic rings. The second-order valence-electron chi connectivity index (χ2n) is 2.55. The Kier molecular flexibility index (Phi) is 3.33. The molecule has 7 nitrogen and oxygen atoms in total. The predicted octanol–water partition coefficient (Wildman–Crippen LogP) is 1.45. The molecule has 0 aliphatic carbocycles. The summed E-state index contributed by atoms with van der Waals surface area (Å²) in [5.74, 6) is -0.675. The van der Waals surface area contributed by atoms with Gasteiger partial charge in [-0.2, -0.15) is 0 Å². The molecule has 0 unspecified atom stereocenters. The molecule has 15 heavy (non-hydrogen) atoms. The number of hydrogen-bond donors (Lipinski definition) is 1. The van der Waals surface area contributed by atoms with Crippen LogP contribution in [0.25, 0.3) is 0 Å². The molecule has 7 heteroatoms. The van der Waals surface area contributed by atoms with Gasteiger partial charge in [0.15, 0.2) is 0 Å². The van der Waals surface area contributed by atoms with Crippen LogP contribution >= 0.6 is 0 Å². The molecule has 0 spiro atoms. The van der Waals surface area contributed by atoms with E-state index in [1.54, 1.807) is 30.3 Å². The number of para-hydroxylation sites is 1. The maximum atomic E-state index is 10.4. The zero-order valence-corrected chi connectivity index (χ0v) is 7.49. The van der Waals surface area contributed by atoms with Crippen molar-refractivity contribution >= 4 is 5.69 Å². The van der Waals surface area contributed by atoms with E-state index in [2.05, 4.69) is 5.32 Å². The van der Waals surface area contributed by atoms with E-state index >= 15 is 0 Å². The Hall–Kier alpha value is -2.44. The van der Waals surface area contributed by atoms with Gasteiger partial charge in [0.1, 0.15) is 5.69 Å². The first-order valence-corrected chi connectivity index (χ1v) is 3.91. The van der Waals surface area contributed by atoms with Gasteiger partial charge >= 0.3 is 12.0 Å². The van der Waals surface area contributed by atoms with E-state index in [1.807, 2.05) is 0 Å². The monoisotopic (exact) mass is 209 g/mol. The van der Waals surface area contributed by atoms with Gasteiger partial charge < -0.3 is 10.1 Å². The fourth-order valence-electron chi connectivity index (χ4n) is 0.894. The highest BCUT2D eigenvalue weighted by Gasteiger charge is 2.14. The number of benzene rings is 1. The van der Waals surface area contributed by atoms with Crippen LogP contribution in [0.4, 0.5) is 5.69 Å². The minimum absolute atomic E-state index is 0.312. The number of nitro groups is 2. The highest BCUT2D eigenvalue weighted by molar-refractivity contribution is 5.45. The highest BCUT2D eigenvalue weighted by atomic mass is 16.6. The van der Waals surface area contributed by atoms with E-state index in [0.717, 1.165) is 0 Å². The van der Waals surface area contributed by atoms with Crippen LogP contribution in [-0.2, 0) is 0 Å². The van der Waals surface area contributed by atoms with E-state index < -0.39 is 15.7 Å². The van der Waals surface area contributed by atoms with Crippen molar-refractivity contribution in [2.24, 2.45) is 0 Å². The third-order valence-corrected chi connectivity index (χ3v) is 1.47. The molecule has 0 fully saturated rings. The summed E-state index contributed by atoms with van der Waals surface area (Å²) < 4.78 is 0. The number of rotatable bonds is 4. The van der Waals surface area contributed by atoms with E-state index in [0.29, 0.717) is 11.9 Å². The van der Waals surface area contributed by atoms with Gasteiger partial charge in [-0.05, 0) is 17.1 Å². The lowest BCUT2D eigenvalue weighted by Gasteiger charge is -1.99. The molecule has 0 amide bonds. The summed E-state index contributed by atoms with van der Waals surface area (Å²) in [5.41, 5.74) is 0.419. The molecular formula is C8H7N3O4. The predicted molar refractivity (Wildman–Crippen MR) is 52.1 cm³/mol. The molecule has 1 rings (SSSR count). The number of hydrogen-bond acceptors (Lipinski definition) is 5. The summed E-state index contributed by atoms with van der Waals surface area (Å²) in [6.45, 7) is 0. The van der Waals surface area contributed by atoms with Gasteiger partial charge in [0.05, 0.1) is 4.92 Å². The van der Waals surface area contributed by atoms with Gasteiger partial charge in [0, 0.05) is 0 Å². The molecule has 1 aromatic rings. The van der Waals surface area contributed by atoms with Crippen molar-refractivity contribution in [1.29, 1.82) is 0 Å². The topological polar surface area (TPSA) is 98.3 Å². The Morgan fingerprint density at radius 2 is 1.80 bits per heavy atom. The minimum Gasteiger partial charge on any atom is -0.358 e. The van der Waals surface area contributed by atoms with E-state index in [4.69, 9.17) is 0 Å². The Labute approximate surface area is 84.3 Å². The van der Waals surface area contributed by atoms with Crippen molar-refractivity contribution in [2.75, 3.05) is 5.32 Å². The molecule has 0 aromatic heterocycles. The van der Waals surface area contributed by atoms with Gasteiger partial charge in [-0.25, -0.2) is 5.32 Å². The maximum absolute atomic E-state index is 10.4. The molecule has 0 bridgehead atoms. The molecule has 1 N–H and O–H groups in total. The van der Waals surface area contributed by atoms with E-state index in [-0.39, 0.29) is 0 Å². The molecule has 1 aromatic carbocycles. The Morgan fingerprint density at radius 3 is 2.27 bits per heavy atom. The zero-order valence-electron chi connectivity index (χ0n) is 7.49. The summed E-state index contributed by atoms with van der Waals surface area (Å²) in [6.07, 6.45) is 0.312. The SMILES string of the molecule is O=[N+]([O-])C=C(Nc1ccccc1)[N+](=O)[O-]. The quantitative estimate of drug-likeness (QED) is 0.597. The number of nitrogens with one attached hydrogen (secondary N) is 1. The summed E-state index contributed by atoms with van der Waals surface area (Å²) in [6, 6.07) is 8.18.